The van der Waals surface area contributed by atoms with Crippen LogP contribution in [-0.2, 0) is 30.8 Å². The summed E-state index contributed by atoms with van der Waals surface area (Å²) in [7, 11) is 5.82. The van der Waals surface area contributed by atoms with Crippen molar-refractivity contribution >= 4 is 5.78 Å². The minimum Gasteiger partial charge on any atom is -0.496 e. The summed E-state index contributed by atoms with van der Waals surface area (Å²) in [6.07, 6.45) is 1.45. The van der Waals surface area contributed by atoms with Crippen LogP contribution in [-0.4, -0.2) is 55.0 Å². The molecule has 0 saturated carbocycles. The van der Waals surface area contributed by atoms with Gasteiger partial charge >= 0.3 is 0 Å². The number of ketones is 1. The predicted molar refractivity (Wildman–Crippen MR) is 114 cm³/mol. The van der Waals surface area contributed by atoms with Crippen molar-refractivity contribution < 1.29 is 33.7 Å². The van der Waals surface area contributed by atoms with Gasteiger partial charge in [-0.2, -0.15) is 0 Å². The van der Waals surface area contributed by atoms with Gasteiger partial charge in [-0.1, -0.05) is 12.1 Å². The number of aliphatic hydroxyl groups excluding tert-OH is 2. The number of carbonyl (C=O) groups is 1. The van der Waals surface area contributed by atoms with Gasteiger partial charge in [0.05, 0.1) is 47.4 Å². The molecule has 7 heteroatoms. The number of ether oxygens (including phenoxy) is 3. The zero-order valence-electron chi connectivity index (χ0n) is 18.3. The average Bonchev–Trinajstić information content (AvgIpc) is 3.23. The lowest BCUT2D eigenvalue weighted by Gasteiger charge is -2.43. The number of rotatable bonds is 7. The van der Waals surface area contributed by atoms with Gasteiger partial charge in [0.2, 0.25) is 6.79 Å². The molecular weight excluding hydrogens is 398 g/mol. The van der Waals surface area contributed by atoms with Crippen molar-refractivity contribution in [2.75, 3.05) is 34.5 Å². The van der Waals surface area contributed by atoms with Crippen molar-refractivity contribution in [1.82, 2.24) is 0 Å². The lowest BCUT2D eigenvalue weighted by molar-refractivity contribution is -0.922. The Kier molecular flexibility index (Phi) is 5.92. The van der Waals surface area contributed by atoms with E-state index in [0.717, 1.165) is 40.8 Å². The highest BCUT2D eigenvalue weighted by Crippen LogP contribution is 2.47. The number of carbonyl (C=O) groups excluding carboxylic acids is 1. The van der Waals surface area contributed by atoms with Gasteiger partial charge in [-0.3, -0.25) is 4.79 Å². The van der Waals surface area contributed by atoms with E-state index in [0.29, 0.717) is 28.2 Å². The summed E-state index contributed by atoms with van der Waals surface area (Å²) in [5.41, 5.74) is 4.42. The van der Waals surface area contributed by atoms with Crippen LogP contribution in [0.3, 0.4) is 0 Å². The van der Waals surface area contributed by atoms with Gasteiger partial charge in [0.15, 0.2) is 11.5 Å². The third-order valence-electron chi connectivity index (χ3n) is 6.53. The largest absolute Gasteiger partial charge is 0.496 e. The van der Waals surface area contributed by atoms with Crippen molar-refractivity contribution in [2.45, 2.75) is 38.5 Å². The molecular formula is C24H30NO6+. The minimum absolute atomic E-state index is 0.0742. The Morgan fingerprint density at radius 3 is 2.71 bits per heavy atom. The molecule has 7 nitrogen and oxygen atoms in total. The van der Waals surface area contributed by atoms with E-state index in [1.54, 1.807) is 13.2 Å². The smallest absolute Gasteiger partial charge is 0.231 e. The Labute approximate surface area is 182 Å². The summed E-state index contributed by atoms with van der Waals surface area (Å²) in [4.78, 5) is 13.2. The summed E-state index contributed by atoms with van der Waals surface area (Å²) in [6, 6.07) is 7.34. The lowest BCUT2D eigenvalue weighted by atomic mass is 9.83. The maximum absolute atomic E-state index is 13.2. The second-order valence-electron chi connectivity index (χ2n) is 8.81. The molecule has 4 rings (SSSR count). The molecule has 0 radical (unpaired) electrons. The zero-order chi connectivity index (χ0) is 22.2. The van der Waals surface area contributed by atoms with Crippen LogP contribution in [0.4, 0.5) is 0 Å². The van der Waals surface area contributed by atoms with Gasteiger partial charge in [-0.25, -0.2) is 0 Å². The highest BCUT2D eigenvalue weighted by Gasteiger charge is 2.41. The molecule has 0 aliphatic carbocycles. The average molecular weight is 429 g/mol. The van der Waals surface area contributed by atoms with Crippen LogP contribution in [0.15, 0.2) is 24.3 Å². The van der Waals surface area contributed by atoms with Crippen molar-refractivity contribution in [3.63, 3.8) is 0 Å². The molecule has 1 atom stereocenters. The van der Waals surface area contributed by atoms with Crippen LogP contribution in [0, 0.1) is 0 Å². The molecule has 2 heterocycles. The van der Waals surface area contributed by atoms with Crippen LogP contribution in [0.2, 0.25) is 0 Å². The highest BCUT2D eigenvalue weighted by molar-refractivity contribution is 5.82. The van der Waals surface area contributed by atoms with Crippen LogP contribution >= 0.6 is 0 Å². The topological polar surface area (TPSA) is 85.2 Å². The molecule has 0 amide bonds. The number of fused-ring (bicyclic) bond motifs is 2. The van der Waals surface area contributed by atoms with Gasteiger partial charge in [0.25, 0.3) is 0 Å². The van der Waals surface area contributed by atoms with Crippen LogP contribution < -0.4 is 14.2 Å². The summed E-state index contributed by atoms with van der Waals surface area (Å²) < 4.78 is 17.3. The third-order valence-corrected chi connectivity index (χ3v) is 6.53. The number of likely N-dealkylation sites (N-methyl/N-ethyl adjacent to an activating group) is 1. The van der Waals surface area contributed by atoms with Gasteiger partial charge < -0.3 is 28.9 Å². The molecule has 0 fully saturated rings. The SMILES string of the molecule is COc1cc(CO)ccc1CC(=O)CC1c2c(cc3c(c2CO)OCO3)CC[N+]1(C)C. The van der Waals surface area contributed by atoms with Crippen LogP contribution in [0.5, 0.6) is 17.2 Å². The third kappa shape index (κ3) is 4.01. The number of benzene rings is 2. The molecule has 0 bridgehead atoms. The first kappa shape index (κ1) is 21.6. The molecule has 1 unspecified atom stereocenters. The quantitative estimate of drug-likeness (QED) is 0.659. The van der Waals surface area contributed by atoms with Crippen molar-refractivity contribution in [3.8, 4) is 17.2 Å². The van der Waals surface area contributed by atoms with E-state index in [2.05, 4.69) is 14.1 Å². The molecule has 2 aromatic rings. The molecule has 166 valence electrons. The number of hydrogen-bond acceptors (Lipinski definition) is 6. The second-order valence-corrected chi connectivity index (χ2v) is 8.81. The van der Waals surface area contributed by atoms with E-state index >= 15 is 0 Å². The first-order valence-corrected chi connectivity index (χ1v) is 10.5. The summed E-state index contributed by atoms with van der Waals surface area (Å²) in [5.74, 6) is 1.98. The highest BCUT2D eigenvalue weighted by atomic mass is 16.7. The number of nitrogens with zero attached hydrogens (tertiary/aromatic N) is 1. The van der Waals surface area contributed by atoms with E-state index in [-0.39, 0.29) is 38.3 Å². The Bertz CT molecular complexity index is 1000. The molecule has 0 spiro atoms. The summed E-state index contributed by atoms with van der Waals surface area (Å²) >= 11 is 0. The number of Topliss-reactive ketones (excluding diaryl/α,β-unsaturated/α-hetero) is 1. The van der Waals surface area contributed by atoms with Gasteiger partial charge in [0, 0.05) is 29.5 Å². The summed E-state index contributed by atoms with van der Waals surface area (Å²) in [6.45, 7) is 0.811. The van der Waals surface area contributed by atoms with Crippen LogP contribution in [0.1, 0.15) is 40.3 Å². The number of quaternary nitrogens is 1. The molecule has 0 saturated heterocycles. The van der Waals surface area contributed by atoms with Gasteiger partial charge in [-0.05, 0) is 23.3 Å². The van der Waals surface area contributed by atoms with E-state index < -0.39 is 0 Å². The van der Waals surface area contributed by atoms with Gasteiger partial charge in [-0.15, -0.1) is 0 Å². The monoisotopic (exact) mass is 428 g/mol. The Balaban J connectivity index is 1.65. The van der Waals surface area contributed by atoms with Crippen molar-refractivity contribution in [1.29, 1.82) is 0 Å². The zero-order valence-corrected chi connectivity index (χ0v) is 18.3. The Hall–Kier alpha value is -2.61. The summed E-state index contributed by atoms with van der Waals surface area (Å²) in [5, 5.41) is 19.5. The fourth-order valence-electron chi connectivity index (χ4n) is 4.76. The maximum atomic E-state index is 13.2. The standard InChI is InChI=1S/C24H30NO6/c1-25(2)7-6-17-10-22-24(31-14-30-22)19(13-27)23(17)20(25)11-18(28)9-16-5-4-15(12-26)8-21(16)29-3/h4-5,8,10,20,26-27H,6-7,9,11-14H2,1-3H3/q+1. The first-order chi connectivity index (χ1) is 14.9. The molecule has 2 aliphatic heterocycles. The Morgan fingerprint density at radius 1 is 1.19 bits per heavy atom. The Morgan fingerprint density at radius 2 is 2.00 bits per heavy atom. The predicted octanol–water partition coefficient (Wildman–Crippen LogP) is 2.28. The van der Waals surface area contributed by atoms with E-state index in [1.165, 1.54) is 0 Å². The fraction of sp³-hybridized carbons (Fsp3) is 0.458. The second kappa shape index (κ2) is 8.49. The number of hydrogen-bond donors (Lipinski definition) is 2. The van der Waals surface area contributed by atoms with Crippen molar-refractivity contribution in [2.24, 2.45) is 0 Å². The van der Waals surface area contributed by atoms with Gasteiger partial charge in [0.1, 0.15) is 17.6 Å². The molecule has 2 aromatic carbocycles. The molecule has 2 N–H and O–H groups in total. The molecule has 0 aromatic heterocycles. The lowest BCUT2D eigenvalue weighted by Crippen LogP contribution is -2.49. The van der Waals surface area contributed by atoms with E-state index in [9.17, 15) is 15.0 Å². The number of aliphatic hydroxyl groups is 2. The van der Waals surface area contributed by atoms with E-state index in [4.69, 9.17) is 14.2 Å². The molecule has 2 aliphatic rings. The van der Waals surface area contributed by atoms with Crippen molar-refractivity contribution in [3.05, 3.63) is 52.1 Å². The van der Waals surface area contributed by atoms with E-state index in [1.807, 2.05) is 18.2 Å². The molecule has 31 heavy (non-hydrogen) atoms. The number of methoxy groups -OCH3 is 1. The minimum atomic E-state index is -0.157. The first-order valence-electron chi connectivity index (χ1n) is 10.5. The normalized spacial score (nSPS) is 18.5. The fourth-order valence-corrected chi connectivity index (χ4v) is 4.76. The van der Waals surface area contributed by atoms with Crippen LogP contribution in [0.25, 0.3) is 0 Å². The maximum Gasteiger partial charge on any atom is 0.231 e.